The van der Waals surface area contributed by atoms with Crippen LogP contribution < -0.4 is 0 Å². The summed E-state index contributed by atoms with van der Waals surface area (Å²) in [6.45, 7) is 15.5. The first kappa shape index (κ1) is 25.5. The van der Waals surface area contributed by atoms with Crippen LogP contribution in [0.1, 0.15) is 86.0 Å². The Labute approximate surface area is 210 Å². The van der Waals surface area contributed by atoms with Crippen LogP contribution in [0.15, 0.2) is 23.8 Å². The van der Waals surface area contributed by atoms with Crippen LogP contribution in [0.5, 0.6) is 0 Å². The van der Waals surface area contributed by atoms with E-state index in [1.807, 2.05) is 6.92 Å². The van der Waals surface area contributed by atoms with E-state index in [9.17, 15) is 25.2 Å². The Hall–Kier alpha value is -1.17. The Morgan fingerprint density at radius 1 is 1.09 bits per heavy atom. The molecule has 0 spiro atoms. The number of aliphatic carboxylic acids is 1. The largest absolute Gasteiger partial charge is 0.481 e. The van der Waals surface area contributed by atoms with Crippen molar-refractivity contribution in [3.8, 4) is 0 Å². The maximum atomic E-state index is 12.8. The highest BCUT2D eigenvalue weighted by Gasteiger charge is 2.70. The molecule has 11 unspecified atom stereocenters. The molecule has 5 nitrogen and oxygen atoms in total. The van der Waals surface area contributed by atoms with Crippen molar-refractivity contribution in [3.05, 3.63) is 23.8 Å². The second-order valence-electron chi connectivity index (χ2n) is 14.1. The predicted molar refractivity (Wildman–Crippen MR) is 135 cm³/mol. The first-order chi connectivity index (χ1) is 16.2. The highest BCUT2D eigenvalue weighted by molar-refractivity contribution is 5.77. The summed E-state index contributed by atoms with van der Waals surface area (Å²) in [6, 6.07) is 0. The molecule has 4 fully saturated rings. The molecule has 0 amide bonds. The molecule has 5 heteroatoms. The zero-order valence-corrected chi connectivity index (χ0v) is 22.3. The maximum Gasteiger partial charge on any atom is 0.310 e. The van der Waals surface area contributed by atoms with Crippen molar-refractivity contribution < 1.29 is 25.2 Å². The van der Waals surface area contributed by atoms with Crippen LogP contribution in [0.3, 0.4) is 0 Å². The second-order valence-corrected chi connectivity index (χ2v) is 14.1. The molecule has 0 saturated heterocycles. The Balaban J connectivity index is 1.63. The summed E-state index contributed by atoms with van der Waals surface area (Å²) >= 11 is 0. The summed E-state index contributed by atoms with van der Waals surface area (Å²) in [4.78, 5) is 12.8. The summed E-state index contributed by atoms with van der Waals surface area (Å²) in [5.41, 5.74) is 0.748. The van der Waals surface area contributed by atoms with Gasteiger partial charge in [-0.2, -0.15) is 0 Å². The Bertz CT molecular complexity index is 972. The fraction of sp³-hybridized carbons (Fsp3) is 0.833. The van der Waals surface area contributed by atoms with Gasteiger partial charge >= 0.3 is 5.97 Å². The lowest BCUT2D eigenvalue weighted by Gasteiger charge is -2.71. The van der Waals surface area contributed by atoms with Gasteiger partial charge in [0.15, 0.2) is 0 Å². The Morgan fingerprint density at radius 3 is 2.40 bits per heavy atom. The lowest BCUT2D eigenvalue weighted by atomic mass is 9.33. The highest BCUT2D eigenvalue weighted by atomic mass is 16.4. The topological polar surface area (TPSA) is 98.0 Å². The van der Waals surface area contributed by atoms with Crippen molar-refractivity contribution in [3.63, 3.8) is 0 Å². The molecular weight excluding hydrogens is 440 g/mol. The summed E-state index contributed by atoms with van der Waals surface area (Å²) in [7, 11) is 0. The van der Waals surface area contributed by atoms with Crippen LogP contribution in [0, 0.1) is 50.7 Å². The maximum absolute atomic E-state index is 12.8. The molecule has 5 aliphatic rings. The van der Waals surface area contributed by atoms with E-state index in [0.717, 1.165) is 32.1 Å². The van der Waals surface area contributed by atoms with Crippen LogP contribution >= 0.6 is 0 Å². The number of carboxylic acids is 1. The molecule has 0 radical (unpaired) electrons. The molecule has 0 aliphatic heterocycles. The van der Waals surface area contributed by atoms with Crippen molar-refractivity contribution in [2.75, 3.05) is 6.61 Å². The third kappa shape index (κ3) is 2.89. The molecular formula is C30H46O5. The van der Waals surface area contributed by atoms with Crippen LogP contribution in [-0.4, -0.2) is 45.2 Å². The molecule has 0 bridgehead atoms. The quantitative estimate of drug-likeness (QED) is 0.414. The molecule has 0 heterocycles. The van der Waals surface area contributed by atoms with Crippen molar-refractivity contribution in [2.24, 2.45) is 50.7 Å². The van der Waals surface area contributed by atoms with Gasteiger partial charge in [0.05, 0.1) is 24.2 Å². The van der Waals surface area contributed by atoms with Gasteiger partial charge in [-0.1, -0.05) is 58.4 Å². The fourth-order valence-electron chi connectivity index (χ4n) is 10.7. The van der Waals surface area contributed by atoms with E-state index >= 15 is 0 Å². The predicted octanol–water partition coefficient (Wildman–Crippen LogP) is 4.95. The molecule has 5 aliphatic carbocycles. The normalized spacial score (nSPS) is 55.7. The number of aliphatic hydroxyl groups excluding tert-OH is 3. The van der Waals surface area contributed by atoms with Crippen LogP contribution in [-0.2, 0) is 4.79 Å². The summed E-state index contributed by atoms with van der Waals surface area (Å²) < 4.78 is 0. The first-order valence-corrected chi connectivity index (χ1v) is 13.8. The van der Waals surface area contributed by atoms with Gasteiger partial charge in [0, 0.05) is 11.3 Å². The number of hydrogen-bond donors (Lipinski definition) is 4. The third-order valence-electron chi connectivity index (χ3n) is 13.1. The van der Waals surface area contributed by atoms with Gasteiger partial charge in [-0.05, 0) is 85.4 Å². The van der Waals surface area contributed by atoms with E-state index < -0.39 is 29.0 Å². The fourth-order valence-corrected chi connectivity index (χ4v) is 10.7. The van der Waals surface area contributed by atoms with Crippen LogP contribution in [0.2, 0.25) is 0 Å². The van der Waals surface area contributed by atoms with Crippen molar-refractivity contribution in [1.29, 1.82) is 0 Å². The van der Waals surface area contributed by atoms with Crippen molar-refractivity contribution >= 4 is 5.97 Å². The monoisotopic (exact) mass is 486 g/mol. The summed E-state index contributed by atoms with van der Waals surface area (Å²) in [5, 5.41) is 42.8. The summed E-state index contributed by atoms with van der Waals surface area (Å²) in [5.74, 6) is -0.0668. The lowest BCUT2D eigenvalue weighted by Crippen LogP contribution is -2.68. The first-order valence-electron chi connectivity index (χ1n) is 13.8. The van der Waals surface area contributed by atoms with E-state index in [2.05, 4.69) is 40.3 Å². The number of allylic oxidation sites excluding steroid dienone is 3. The van der Waals surface area contributed by atoms with E-state index in [1.54, 1.807) is 0 Å². The standard InChI is InChI=1S/C30H46O5/c1-17-9-12-30(25(34)35)14-13-28(5)19(23(30)18(17)2)7-8-22-26(3)15-20(32)24(33)27(4,16-31)21(26)10-11-29(22,28)6/h7,18,20-24,31-33H,1,8-16H2,2-6H3,(H,34,35). The Kier molecular flexibility index (Phi) is 5.59. The molecule has 11 atom stereocenters. The number of carboxylic acid groups (broad SMARTS) is 1. The molecule has 35 heavy (non-hydrogen) atoms. The average Bonchev–Trinajstić information content (AvgIpc) is 2.80. The minimum absolute atomic E-state index is 0.00946. The number of fused-ring (bicyclic) bond motifs is 7. The number of hydrogen-bond acceptors (Lipinski definition) is 4. The zero-order chi connectivity index (χ0) is 25.8. The van der Waals surface area contributed by atoms with E-state index in [0.29, 0.717) is 25.2 Å². The van der Waals surface area contributed by atoms with Gasteiger partial charge in [-0.3, -0.25) is 4.79 Å². The molecule has 0 aromatic carbocycles. The minimum Gasteiger partial charge on any atom is -0.481 e. The molecule has 0 aromatic rings. The number of rotatable bonds is 2. The zero-order valence-electron chi connectivity index (χ0n) is 22.3. The number of carbonyl (C=O) groups is 1. The third-order valence-corrected chi connectivity index (χ3v) is 13.1. The van der Waals surface area contributed by atoms with Gasteiger partial charge in [0.1, 0.15) is 0 Å². The van der Waals surface area contributed by atoms with E-state index in [4.69, 9.17) is 0 Å². The van der Waals surface area contributed by atoms with Gasteiger partial charge in [-0.15, -0.1) is 0 Å². The Morgan fingerprint density at radius 2 is 1.77 bits per heavy atom. The van der Waals surface area contributed by atoms with E-state index in [1.165, 1.54) is 11.1 Å². The SMILES string of the molecule is C=C1CCC2(C(=O)O)CCC3(C)C(=CCC4C5(C)CC(O)C(O)C(C)(CO)C5CCC43C)C2C1C. The van der Waals surface area contributed by atoms with Gasteiger partial charge < -0.3 is 20.4 Å². The van der Waals surface area contributed by atoms with Gasteiger partial charge in [0.25, 0.3) is 0 Å². The van der Waals surface area contributed by atoms with Gasteiger partial charge in [0.2, 0.25) is 0 Å². The van der Waals surface area contributed by atoms with Gasteiger partial charge in [-0.25, -0.2) is 0 Å². The minimum atomic E-state index is -0.917. The van der Waals surface area contributed by atoms with E-state index in [-0.39, 0.29) is 40.6 Å². The van der Waals surface area contributed by atoms with Crippen LogP contribution in [0.4, 0.5) is 0 Å². The molecule has 196 valence electrons. The molecule has 0 aromatic heterocycles. The molecule has 5 rings (SSSR count). The molecule has 4 saturated carbocycles. The van der Waals surface area contributed by atoms with Crippen molar-refractivity contribution in [1.82, 2.24) is 0 Å². The average molecular weight is 487 g/mol. The molecule has 4 N–H and O–H groups in total. The smallest absolute Gasteiger partial charge is 0.310 e. The summed E-state index contributed by atoms with van der Waals surface area (Å²) in [6.07, 6.45) is 7.00. The van der Waals surface area contributed by atoms with Crippen molar-refractivity contribution in [2.45, 2.75) is 98.2 Å². The highest BCUT2D eigenvalue weighted by Crippen LogP contribution is 2.75. The number of aliphatic hydroxyl groups is 3. The van der Waals surface area contributed by atoms with Crippen LogP contribution in [0.25, 0.3) is 0 Å². The lowest BCUT2D eigenvalue weighted by molar-refractivity contribution is -0.243. The second kappa shape index (κ2) is 7.68.